The molecule has 1 aliphatic carbocycles. The third-order valence-corrected chi connectivity index (χ3v) is 3.39. The van der Waals surface area contributed by atoms with Crippen molar-refractivity contribution in [1.82, 2.24) is 16.0 Å². The summed E-state index contributed by atoms with van der Waals surface area (Å²) in [7, 11) is 0. The molecule has 8 nitrogen and oxygen atoms in total. The second-order valence-corrected chi connectivity index (χ2v) is 5.07. The zero-order valence-corrected chi connectivity index (χ0v) is 11.1. The van der Waals surface area contributed by atoms with E-state index in [0.29, 0.717) is 12.5 Å². The van der Waals surface area contributed by atoms with Crippen molar-refractivity contribution < 1.29 is 24.2 Å². The largest absolute Gasteiger partial charge is 0.480 e. The van der Waals surface area contributed by atoms with Gasteiger partial charge in [-0.1, -0.05) is 0 Å². The molecule has 0 spiro atoms. The standard InChI is InChI=1S/C12H19N3O5/c16-9(13-6-10(17)18)5-14-12(19)15-8-3-4-20-11(8)7-1-2-7/h7-8,11H,1-6H2,(H,13,16)(H,17,18)(H2,14,15,19). The van der Waals surface area contributed by atoms with Crippen LogP contribution in [-0.2, 0) is 14.3 Å². The first kappa shape index (κ1) is 14.6. The highest BCUT2D eigenvalue weighted by Gasteiger charge is 2.41. The summed E-state index contributed by atoms with van der Waals surface area (Å²) in [5.41, 5.74) is 0. The molecule has 0 radical (unpaired) electrons. The summed E-state index contributed by atoms with van der Waals surface area (Å²) in [5, 5.41) is 15.8. The van der Waals surface area contributed by atoms with Gasteiger partial charge in [-0.3, -0.25) is 9.59 Å². The molecule has 3 amide bonds. The summed E-state index contributed by atoms with van der Waals surface area (Å²) in [6.07, 6.45) is 3.14. The lowest BCUT2D eigenvalue weighted by atomic mass is 10.1. The van der Waals surface area contributed by atoms with Gasteiger partial charge in [0.05, 0.1) is 18.7 Å². The van der Waals surface area contributed by atoms with E-state index in [4.69, 9.17) is 9.84 Å². The molecule has 8 heteroatoms. The van der Waals surface area contributed by atoms with Crippen molar-refractivity contribution in [2.45, 2.75) is 31.4 Å². The second kappa shape index (κ2) is 6.56. The van der Waals surface area contributed by atoms with Gasteiger partial charge in [-0.05, 0) is 25.2 Å². The van der Waals surface area contributed by atoms with Crippen LogP contribution < -0.4 is 16.0 Å². The molecule has 1 saturated carbocycles. The number of urea groups is 1. The first-order valence-electron chi connectivity index (χ1n) is 6.70. The fourth-order valence-electron chi connectivity index (χ4n) is 2.27. The van der Waals surface area contributed by atoms with Gasteiger partial charge < -0.3 is 25.8 Å². The van der Waals surface area contributed by atoms with E-state index in [1.165, 1.54) is 0 Å². The Bertz CT molecular complexity index is 397. The molecular weight excluding hydrogens is 266 g/mol. The maximum absolute atomic E-state index is 11.7. The maximum Gasteiger partial charge on any atom is 0.322 e. The van der Waals surface area contributed by atoms with Crippen molar-refractivity contribution in [3.63, 3.8) is 0 Å². The molecule has 0 aromatic heterocycles. The summed E-state index contributed by atoms with van der Waals surface area (Å²) >= 11 is 0. The quantitative estimate of drug-likeness (QED) is 0.502. The fraction of sp³-hybridized carbons (Fsp3) is 0.750. The minimum Gasteiger partial charge on any atom is -0.480 e. The molecule has 1 saturated heterocycles. The van der Waals surface area contributed by atoms with E-state index in [0.717, 1.165) is 19.3 Å². The van der Waals surface area contributed by atoms with Crippen LogP contribution in [0, 0.1) is 5.92 Å². The van der Waals surface area contributed by atoms with Gasteiger partial charge in [0.25, 0.3) is 0 Å². The molecule has 2 rings (SSSR count). The van der Waals surface area contributed by atoms with E-state index in [1.54, 1.807) is 0 Å². The topological polar surface area (TPSA) is 117 Å². The molecule has 1 heterocycles. The summed E-state index contributed by atoms with van der Waals surface area (Å²) in [6, 6.07) is -0.443. The molecule has 0 aromatic carbocycles. The summed E-state index contributed by atoms with van der Waals surface area (Å²) in [6.45, 7) is -0.0612. The Labute approximate surface area is 116 Å². The smallest absolute Gasteiger partial charge is 0.322 e. The van der Waals surface area contributed by atoms with E-state index in [-0.39, 0.29) is 18.7 Å². The van der Waals surface area contributed by atoms with E-state index in [9.17, 15) is 14.4 Å². The Kier molecular flexibility index (Phi) is 4.78. The Balaban J connectivity index is 1.64. The number of carbonyl (C=O) groups excluding carboxylic acids is 2. The third-order valence-electron chi connectivity index (χ3n) is 3.39. The average molecular weight is 285 g/mol. The van der Waals surface area contributed by atoms with Crippen molar-refractivity contribution in [2.24, 2.45) is 5.92 Å². The van der Waals surface area contributed by atoms with Crippen LogP contribution in [0.1, 0.15) is 19.3 Å². The number of aliphatic carboxylic acids is 1. The van der Waals surface area contributed by atoms with Crippen molar-refractivity contribution in [2.75, 3.05) is 19.7 Å². The Morgan fingerprint density at radius 1 is 1.10 bits per heavy atom. The fourth-order valence-corrected chi connectivity index (χ4v) is 2.27. The van der Waals surface area contributed by atoms with Crippen LogP contribution in [0.3, 0.4) is 0 Å². The molecule has 0 aromatic rings. The number of amides is 3. The highest BCUT2D eigenvalue weighted by Crippen LogP contribution is 2.38. The average Bonchev–Trinajstić information content (AvgIpc) is 3.15. The summed E-state index contributed by atoms with van der Waals surface area (Å²) < 4.78 is 5.59. The van der Waals surface area contributed by atoms with Crippen molar-refractivity contribution >= 4 is 17.9 Å². The van der Waals surface area contributed by atoms with Gasteiger partial charge in [0.1, 0.15) is 6.54 Å². The molecular formula is C12H19N3O5. The molecule has 2 aliphatic rings. The van der Waals surface area contributed by atoms with Crippen LogP contribution in [0.5, 0.6) is 0 Å². The van der Waals surface area contributed by atoms with E-state index < -0.39 is 24.5 Å². The molecule has 4 N–H and O–H groups in total. The molecule has 112 valence electrons. The summed E-state index contributed by atoms with van der Waals surface area (Å²) in [5.74, 6) is -1.12. The Hall–Kier alpha value is -1.83. The first-order valence-corrected chi connectivity index (χ1v) is 6.70. The molecule has 2 unspecified atom stereocenters. The van der Waals surface area contributed by atoms with Gasteiger partial charge in [-0.25, -0.2) is 4.79 Å². The zero-order valence-electron chi connectivity index (χ0n) is 11.1. The van der Waals surface area contributed by atoms with Crippen molar-refractivity contribution in [3.8, 4) is 0 Å². The maximum atomic E-state index is 11.7. The SMILES string of the molecule is O=C(O)CNC(=O)CNC(=O)NC1CCOC1C1CC1. The van der Waals surface area contributed by atoms with Crippen LogP contribution in [0.25, 0.3) is 0 Å². The van der Waals surface area contributed by atoms with Gasteiger partial charge in [0.15, 0.2) is 0 Å². The molecule has 1 aliphatic heterocycles. The third kappa shape index (κ3) is 4.37. The van der Waals surface area contributed by atoms with Gasteiger partial charge in [-0.2, -0.15) is 0 Å². The minimum absolute atomic E-state index is 0.00965. The van der Waals surface area contributed by atoms with Gasteiger partial charge in [-0.15, -0.1) is 0 Å². The van der Waals surface area contributed by atoms with E-state index in [2.05, 4.69) is 16.0 Å². The number of carbonyl (C=O) groups is 3. The minimum atomic E-state index is -1.13. The van der Waals surface area contributed by atoms with Crippen LogP contribution in [-0.4, -0.2) is 54.9 Å². The highest BCUT2D eigenvalue weighted by atomic mass is 16.5. The molecule has 2 atom stereocenters. The van der Waals surface area contributed by atoms with Gasteiger partial charge in [0.2, 0.25) is 5.91 Å². The van der Waals surface area contributed by atoms with E-state index in [1.807, 2.05) is 0 Å². The number of carboxylic acids is 1. The van der Waals surface area contributed by atoms with Crippen molar-refractivity contribution in [1.29, 1.82) is 0 Å². The number of nitrogens with one attached hydrogen (secondary N) is 3. The van der Waals surface area contributed by atoms with Crippen molar-refractivity contribution in [3.05, 3.63) is 0 Å². The lowest BCUT2D eigenvalue weighted by molar-refractivity contribution is -0.137. The molecule has 0 bridgehead atoms. The molecule has 2 fully saturated rings. The number of hydrogen-bond donors (Lipinski definition) is 4. The van der Waals surface area contributed by atoms with Crippen LogP contribution in [0.2, 0.25) is 0 Å². The van der Waals surface area contributed by atoms with Gasteiger partial charge >= 0.3 is 12.0 Å². The van der Waals surface area contributed by atoms with Crippen LogP contribution in [0.4, 0.5) is 4.79 Å². The Morgan fingerprint density at radius 2 is 1.85 bits per heavy atom. The normalized spacial score (nSPS) is 25.0. The monoisotopic (exact) mass is 285 g/mol. The van der Waals surface area contributed by atoms with Crippen LogP contribution >= 0.6 is 0 Å². The second-order valence-electron chi connectivity index (χ2n) is 5.07. The number of carboxylic acid groups (broad SMARTS) is 1. The van der Waals surface area contributed by atoms with E-state index >= 15 is 0 Å². The number of hydrogen-bond acceptors (Lipinski definition) is 4. The zero-order chi connectivity index (χ0) is 14.5. The lowest BCUT2D eigenvalue weighted by Crippen LogP contribution is -2.48. The molecule has 20 heavy (non-hydrogen) atoms. The van der Waals surface area contributed by atoms with Gasteiger partial charge in [0, 0.05) is 6.61 Å². The lowest BCUT2D eigenvalue weighted by Gasteiger charge is -2.19. The summed E-state index contributed by atoms with van der Waals surface area (Å²) in [4.78, 5) is 33.1. The highest BCUT2D eigenvalue weighted by molar-refractivity contribution is 5.86. The first-order chi connectivity index (χ1) is 9.56. The predicted molar refractivity (Wildman–Crippen MR) is 68.0 cm³/mol. The van der Waals surface area contributed by atoms with Crippen LogP contribution in [0.15, 0.2) is 0 Å². The predicted octanol–water partition coefficient (Wildman–Crippen LogP) is -0.946. The number of rotatable bonds is 6. The number of ether oxygens (including phenoxy) is 1. The Morgan fingerprint density at radius 3 is 2.50 bits per heavy atom.